The number of anilines is 1. The van der Waals surface area contributed by atoms with Gasteiger partial charge in [-0.05, 0) is 12.5 Å². The van der Waals surface area contributed by atoms with Crippen LogP contribution in [0.1, 0.15) is 19.3 Å². The van der Waals surface area contributed by atoms with Crippen molar-refractivity contribution in [3.05, 3.63) is 36.5 Å². The number of carbonyl (C=O) groups is 2. The first-order chi connectivity index (χ1) is 15.1. The van der Waals surface area contributed by atoms with Crippen molar-refractivity contribution in [3.8, 4) is 11.3 Å². The Hall–Kier alpha value is -3.13. The molecular formula is C23H27N5O3. The summed E-state index contributed by atoms with van der Waals surface area (Å²) in [6.45, 7) is 3.81. The number of nitrogens with zero attached hydrogens (tertiary/aromatic N) is 5. The van der Waals surface area contributed by atoms with Crippen molar-refractivity contribution in [2.24, 2.45) is 7.05 Å². The van der Waals surface area contributed by atoms with Crippen molar-refractivity contribution < 1.29 is 14.3 Å². The third-order valence-electron chi connectivity index (χ3n) is 6.18. The minimum absolute atomic E-state index is 0.0214. The number of aromatic nitrogens is 3. The number of fused-ring (bicyclic) bond motifs is 2. The van der Waals surface area contributed by atoms with Crippen molar-refractivity contribution in [2.75, 3.05) is 37.7 Å². The predicted octanol–water partition coefficient (Wildman–Crippen LogP) is 2.42. The number of carbonyl (C=O) groups excluding carboxylic acids is 2. The van der Waals surface area contributed by atoms with E-state index in [1.54, 1.807) is 9.80 Å². The van der Waals surface area contributed by atoms with Gasteiger partial charge in [-0.25, -0.2) is 4.68 Å². The van der Waals surface area contributed by atoms with E-state index in [0.717, 1.165) is 40.9 Å². The Morgan fingerprint density at radius 3 is 2.65 bits per heavy atom. The molecule has 3 aromatic rings. The molecule has 0 spiro atoms. The summed E-state index contributed by atoms with van der Waals surface area (Å²) in [6.07, 6.45) is 3.39. The van der Waals surface area contributed by atoms with Crippen LogP contribution in [-0.4, -0.2) is 63.9 Å². The van der Waals surface area contributed by atoms with E-state index in [0.29, 0.717) is 32.8 Å². The number of ether oxygens (including phenoxy) is 1. The lowest BCUT2D eigenvalue weighted by Crippen LogP contribution is -2.42. The maximum atomic E-state index is 13.0. The molecule has 5 rings (SSSR count). The van der Waals surface area contributed by atoms with Crippen LogP contribution in [0.25, 0.3) is 22.2 Å². The van der Waals surface area contributed by atoms with Crippen molar-refractivity contribution in [1.82, 2.24) is 19.2 Å². The summed E-state index contributed by atoms with van der Waals surface area (Å²) in [5.41, 5.74) is 3.09. The molecule has 0 aliphatic carbocycles. The molecule has 8 nitrogen and oxygen atoms in total. The molecule has 1 saturated heterocycles. The molecule has 4 heterocycles. The van der Waals surface area contributed by atoms with E-state index in [2.05, 4.69) is 22.9 Å². The van der Waals surface area contributed by atoms with Gasteiger partial charge in [0.15, 0.2) is 0 Å². The molecule has 0 atom stereocenters. The maximum absolute atomic E-state index is 13.0. The molecule has 162 valence electrons. The summed E-state index contributed by atoms with van der Waals surface area (Å²) in [5, 5.41) is 5.95. The average molecular weight is 422 g/mol. The maximum Gasteiger partial charge on any atom is 0.228 e. The molecule has 2 aromatic heterocycles. The van der Waals surface area contributed by atoms with Crippen LogP contribution in [0.4, 0.5) is 5.82 Å². The molecule has 1 fully saturated rings. The van der Waals surface area contributed by atoms with E-state index in [1.807, 2.05) is 29.9 Å². The number of benzene rings is 1. The highest BCUT2D eigenvalue weighted by molar-refractivity contribution is 5.98. The Kier molecular flexibility index (Phi) is 5.23. The van der Waals surface area contributed by atoms with Crippen LogP contribution in [-0.2, 0) is 27.9 Å². The molecule has 2 amide bonds. The lowest BCUT2D eigenvalue weighted by Gasteiger charge is -2.29. The number of rotatable bonds is 4. The zero-order chi connectivity index (χ0) is 21.4. The number of hydrogen-bond donors (Lipinski definition) is 0. The molecule has 0 N–H and O–H groups in total. The Morgan fingerprint density at radius 1 is 1.03 bits per heavy atom. The second-order valence-electron chi connectivity index (χ2n) is 8.17. The lowest BCUT2D eigenvalue weighted by molar-refractivity contribution is -0.136. The number of aryl methyl sites for hydroxylation is 2. The fourth-order valence-electron chi connectivity index (χ4n) is 4.53. The standard InChI is InChI=1S/C23H27N5O3/c1-25-16-18(17-5-2-3-6-20(17)25)19-15-21-27(9-4-10-28(21)24-19)23(30)8-7-22(29)26-11-13-31-14-12-26/h2-3,5-6,15-16H,4,7-14H2,1H3. The highest BCUT2D eigenvalue weighted by Gasteiger charge is 2.27. The average Bonchev–Trinajstić information content (AvgIpc) is 3.39. The van der Waals surface area contributed by atoms with Gasteiger partial charge in [-0.15, -0.1) is 0 Å². The van der Waals surface area contributed by atoms with Gasteiger partial charge in [0, 0.05) is 74.8 Å². The van der Waals surface area contributed by atoms with Crippen LogP contribution < -0.4 is 4.90 Å². The SMILES string of the molecule is Cn1cc(-c2cc3n(n2)CCCN3C(=O)CCC(=O)N2CCOCC2)c2ccccc21. The summed E-state index contributed by atoms with van der Waals surface area (Å²) in [6, 6.07) is 10.3. The third kappa shape index (κ3) is 3.72. The second-order valence-corrected chi connectivity index (χ2v) is 8.17. The predicted molar refractivity (Wildman–Crippen MR) is 118 cm³/mol. The summed E-state index contributed by atoms with van der Waals surface area (Å²) < 4.78 is 9.32. The minimum atomic E-state index is -0.0214. The first-order valence-electron chi connectivity index (χ1n) is 10.9. The molecule has 0 unspecified atom stereocenters. The van der Waals surface area contributed by atoms with E-state index in [1.165, 1.54) is 0 Å². The minimum Gasteiger partial charge on any atom is -0.378 e. The number of hydrogen-bond acceptors (Lipinski definition) is 4. The van der Waals surface area contributed by atoms with Gasteiger partial charge in [-0.1, -0.05) is 18.2 Å². The molecule has 2 aliphatic heterocycles. The fourth-order valence-corrected chi connectivity index (χ4v) is 4.53. The quantitative estimate of drug-likeness (QED) is 0.649. The molecule has 0 saturated carbocycles. The number of morpholine rings is 1. The van der Waals surface area contributed by atoms with Crippen LogP contribution in [0.5, 0.6) is 0 Å². The van der Waals surface area contributed by atoms with Gasteiger partial charge >= 0.3 is 0 Å². The zero-order valence-electron chi connectivity index (χ0n) is 17.8. The Balaban J connectivity index is 1.35. The summed E-state index contributed by atoms with van der Waals surface area (Å²) in [7, 11) is 2.03. The fraction of sp³-hybridized carbons (Fsp3) is 0.435. The summed E-state index contributed by atoms with van der Waals surface area (Å²) >= 11 is 0. The summed E-state index contributed by atoms with van der Waals surface area (Å²) in [5.74, 6) is 0.823. The van der Waals surface area contributed by atoms with Gasteiger partial charge in [0.2, 0.25) is 11.8 Å². The Labute approximate surface area is 181 Å². The van der Waals surface area contributed by atoms with Crippen molar-refractivity contribution in [2.45, 2.75) is 25.8 Å². The molecule has 0 bridgehead atoms. The van der Waals surface area contributed by atoms with Crippen LogP contribution in [0.2, 0.25) is 0 Å². The Morgan fingerprint density at radius 2 is 1.81 bits per heavy atom. The number of amides is 2. The highest BCUT2D eigenvalue weighted by Crippen LogP contribution is 2.33. The topological polar surface area (TPSA) is 72.6 Å². The Bertz CT molecular complexity index is 1130. The second kappa shape index (κ2) is 8.19. The molecular weight excluding hydrogens is 394 g/mol. The number of para-hydroxylation sites is 1. The first-order valence-corrected chi connectivity index (χ1v) is 10.9. The van der Waals surface area contributed by atoms with Crippen LogP contribution in [0.3, 0.4) is 0 Å². The first kappa shape index (κ1) is 19.8. The van der Waals surface area contributed by atoms with Gasteiger partial charge in [0.05, 0.1) is 18.9 Å². The third-order valence-corrected chi connectivity index (χ3v) is 6.18. The largest absolute Gasteiger partial charge is 0.378 e. The van der Waals surface area contributed by atoms with Gasteiger partial charge < -0.3 is 14.2 Å². The van der Waals surface area contributed by atoms with E-state index >= 15 is 0 Å². The van der Waals surface area contributed by atoms with Crippen molar-refractivity contribution >= 4 is 28.5 Å². The van der Waals surface area contributed by atoms with Crippen LogP contribution >= 0.6 is 0 Å². The smallest absolute Gasteiger partial charge is 0.228 e. The zero-order valence-corrected chi connectivity index (χ0v) is 17.8. The van der Waals surface area contributed by atoms with Crippen molar-refractivity contribution in [1.29, 1.82) is 0 Å². The van der Waals surface area contributed by atoms with E-state index in [-0.39, 0.29) is 24.7 Å². The molecule has 8 heteroatoms. The van der Waals surface area contributed by atoms with Gasteiger partial charge in [0.1, 0.15) is 5.82 Å². The van der Waals surface area contributed by atoms with Crippen LogP contribution in [0, 0.1) is 0 Å². The summed E-state index contributed by atoms with van der Waals surface area (Å²) in [4.78, 5) is 29.0. The highest BCUT2D eigenvalue weighted by atomic mass is 16.5. The molecule has 31 heavy (non-hydrogen) atoms. The van der Waals surface area contributed by atoms with E-state index in [4.69, 9.17) is 9.84 Å². The van der Waals surface area contributed by atoms with Gasteiger partial charge in [-0.3, -0.25) is 14.5 Å². The normalized spacial score (nSPS) is 16.5. The lowest BCUT2D eigenvalue weighted by atomic mass is 10.1. The van der Waals surface area contributed by atoms with Crippen LogP contribution in [0.15, 0.2) is 36.5 Å². The van der Waals surface area contributed by atoms with E-state index < -0.39 is 0 Å². The van der Waals surface area contributed by atoms with Gasteiger partial charge in [-0.2, -0.15) is 5.10 Å². The molecule has 1 aromatic carbocycles. The monoisotopic (exact) mass is 421 g/mol. The molecule has 0 radical (unpaired) electrons. The molecule has 2 aliphatic rings. The van der Waals surface area contributed by atoms with E-state index in [9.17, 15) is 9.59 Å². The van der Waals surface area contributed by atoms with Gasteiger partial charge in [0.25, 0.3) is 0 Å². The van der Waals surface area contributed by atoms with Crippen molar-refractivity contribution in [3.63, 3.8) is 0 Å².